The third kappa shape index (κ3) is 5.78. The highest BCUT2D eigenvalue weighted by molar-refractivity contribution is 6.00. The maximum Gasteiger partial charge on any atom is 0.254 e. The van der Waals surface area contributed by atoms with Crippen molar-refractivity contribution in [2.24, 2.45) is 0 Å². The van der Waals surface area contributed by atoms with Crippen molar-refractivity contribution in [3.63, 3.8) is 0 Å². The summed E-state index contributed by atoms with van der Waals surface area (Å²) in [5.74, 6) is -0.0992. The van der Waals surface area contributed by atoms with Crippen molar-refractivity contribution in [1.82, 2.24) is 14.5 Å². The van der Waals surface area contributed by atoms with Crippen LogP contribution >= 0.6 is 0 Å². The fourth-order valence-corrected chi connectivity index (χ4v) is 4.58. The van der Waals surface area contributed by atoms with Gasteiger partial charge < -0.3 is 9.64 Å². The van der Waals surface area contributed by atoms with E-state index in [1.165, 1.54) is 0 Å². The van der Waals surface area contributed by atoms with Crippen LogP contribution in [0.25, 0.3) is 16.9 Å². The van der Waals surface area contributed by atoms with Crippen LogP contribution in [0.3, 0.4) is 0 Å². The van der Waals surface area contributed by atoms with E-state index in [2.05, 4.69) is 5.32 Å². The number of aromatic nitrogens is 2. The van der Waals surface area contributed by atoms with Crippen molar-refractivity contribution in [1.29, 1.82) is 0 Å². The van der Waals surface area contributed by atoms with Crippen LogP contribution in [-0.2, 0) is 9.53 Å². The number of carbonyl (C=O) groups excluding carboxylic acids is 2. The minimum Gasteiger partial charge on any atom is -0.376 e. The van der Waals surface area contributed by atoms with Gasteiger partial charge in [0.2, 0.25) is 11.9 Å². The number of carbonyl (C=O) groups is 2. The third-order valence-electron chi connectivity index (χ3n) is 6.51. The molecule has 37 heavy (non-hydrogen) atoms. The van der Waals surface area contributed by atoms with Crippen molar-refractivity contribution < 1.29 is 14.3 Å². The summed E-state index contributed by atoms with van der Waals surface area (Å²) in [6.07, 6.45) is 3.66. The zero-order valence-electron chi connectivity index (χ0n) is 20.8. The first-order valence-corrected chi connectivity index (χ1v) is 12.5. The molecule has 1 saturated heterocycles. The van der Waals surface area contributed by atoms with Gasteiger partial charge in [0.1, 0.15) is 6.54 Å². The SMILES string of the molecule is Cc1ccccc1C(=O)N(CC(=O)Nc1nc(-c2ccccc2)cn1-c1ccccc1)C[C@H]1CCCO1. The molecule has 188 valence electrons. The van der Waals surface area contributed by atoms with Gasteiger partial charge in [-0.3, -0.25) is 19.5 Å². The Labute approximate surface area is 216 Å². The summed E-state index contributed by atoms with van der Waals surface area (Å²) in [5.41, 5.74) is 4.02. The van der Waals surface area contributed by atoms with E-state index in [-0.39, 0.29) is 24.5 Å². The lowest BCUT2D eigenvalue weighted by Crippen LogP contribution is -2.42. The Morgan fingerprint density at radius 2 is 1.70 bits per heavy atom. The molecule has 4 aromatic rings. The summed E-state index contributed by atoms with van der Waals surface area (Å²) >= 11 is 0. The monoisotopic (exact) mass is 494 g/mol. The molecule has 1 atom stereocenters. The Kier molecular flexibility index (Phi) is 7.42. The molecule has 0 aliphatic carbocycles. The number of benzene rings is 3. The molecule has 1 fully saturated rings. The van der Waals surface area contributed by atoms with Crippen LogP contribution in [0.15, 0.2) is 91.1 Å². The minimum atomic E-state index is -0.317. The first-order valence-electron chi connectivity index (χ1n) is 12.5. The van der Waals surface area contributed by atoms with Crippen LogP contribution in [0.1, 0.15) is 28.8 Å². The highest BCUT2D eigenvalue weighted by Crippen LogP contribution is 2.24. The predicted octanol–water partition coefficient (Wildman–Crippen LogP) is 5.11. The Morgan fingerprint density at radius 3 is 2.41 bits per heavy atom. The first kappa shape index (κ1) is 24.5. The maximum absolute atomic E-state index is 13.5. The summed E-state index contributed by atoms with van der Waals surface area (Å²) in [5, 5.41) is 2.95. The van der Waals surface area contributed by atoms with Crippen molar-refractivity contribution in [2.75, 3.05) is 25.0 Å². The number of para-hydroxylation sites is 1. The van der Waals surface area contributed by atoms with E-state index in [4.69, 9.17) is 9.72 Å². The van der Waals surface area contributed by atoms with Crippen LogP contribution in [0.4, 0.5) is 5.95 Å². The van der Waals surface area contributed by atoms with Gasteiger partial charge in [0, 0.05) is 36.2 Å². The van der Waals surface area contributed by atoms with Crippen LogP contribution in [0.5, 0.6) is 0 Å². The van der Waals surface area contributed by atoms with Gasteiger partial charge >= 0.3 is 0 Å². The van der Waals surface area contributed by atoms with Crippen molar-refractivity contribution in [3.05, 3.63) is 102 Å². The molecule has 1 aromatic heterocycles. The summed E-state index contributed by atoms with van der Waals surface area (Å²) in [4.78, 5) is 33.1. The lowest BCUT2D eigenvalue weighted by molar-refractivity contribution is -0.117. The predicted molar refractivity (Wildman–Crippen MR) is 144 cm³/mol. The van der Waals surface area contributed by atoms with Crippen LogP contribution in [0, 0.1) is 6.92 Å². The van der Waals surface area contributed by atoms with E-state index in [0.717, 1.165) is 35.3 Å². The van der Waals surface area contributed by atoms with E-state index >= 15 is 0 Å². The molecule has 3 aromatic carbocycles. The fraction of sp³-hybridized carbons (Fsp3) is 0.233. The van der Waals surface area contributed by atoms with Gasteiger partial charge in [0.15, 0.2) is 0 Å². The van der Waals surface area contributed by atoms with E-state index in [1.54, 1.807) is 11.0 Å². The second-order valence-corrected chi connectivity index (χ2v) is 9.21. The lowest BCUT2D eigenvalue weighted by Gasteiger charge is -2.25. The smallest absolute Gasteiger partial charge is 0.254 e. The molecule has 7 nitrogen and oxygen atoms in total. The highest BCUT2D eigenvalue weighted by atomic mass is 16.5. The third-order valence-corrected chi connectivity index (χ3v) is 6.51. The van der Waals surface area contributed by atoms with Gasteiger partial charge in [-0.25, -0.2) is 4.98 Å². The number of anilines is 1. The summed E-state index contributed by atoms with van der Waals surface area (Å²) in [7, 11) is 0. The van der Waals surface area contributed by atoms with E-state index in [1.807, 2.05) is 96.6 Å². The number of nitrogens with zero attached hydrogens (tertiary/aromatic N) is 3. The molecule has 7 heteroatoms. The number of rotatable bonds is 8. The normalized spacial score (nSPS) is 14.9. The molecule has 0 unspecified atom stereocenters. The van der Waals surface area contributed by atoms with Gasteiger partial charge in [-0.2, -0.15) is 0 Å². The molecule has 2 amide bonds. The summed E-state index contributed by atoms with van der Waals surface area (Å²) in [6, 6.07) is 27.0. The Balaban J connectivity index is 1.41. The number of aryl methyl sites for hydroxylation is 1. The van der Waals surface area contributed by atoms with Crippen molar-refractivity contribution in [2.45, 2.75) is 25.9 Å². The molecule has 0 bridgehead atoms. The Morgan fingerprint density at radius 1 is 1.00 bits per heavy atom. The number of imidazole rings is 1. The average Bonchev–Trinajstić information content (AvgIpc) is 3.59. The number of hydrogen-bond acceptors (Lipinski definition) is 4. The summed E-state index contributed by atoms with van der Waals surface area (Å²) in [6.45, 7) is 2.84. The number of nitrogens with one attached hydrogen (secondary N) is 1. The van der Waals surface area contributed by atoms with Crippen molar-refractivity contribution >= 4 is 17.8 Å². The molecule has 0 saturated carbocycles. The van der Waals surface area contributed by atoms with E-state index in [0.29, 0.717) is 24.7 Å². The second kappa shape index (κ2) is 11.2. The minimum absolute atomic E-state index is 0.0724. The molecule has 2 heterocycles. The Bertz CT molecular complexity index is 1360. The fourth-order valence-electron chi connectivity index (χ4n) is 4.58. The molecular formula is C30H30N4O3. The van der Waals surface area contributed by atoms with Crippen LogP contribution < -0.4 is 5.32 Å². The standard InChI is InChI=1S/C30H30N4O3/c1-22-11-8-9-17-26(22)29(36)33(19-25-16-10-18-37-25)21-28(35)32-30-31-27(23-12-4-2-5-13-23)20-34(30)24-14-6-3-7-15-24/h2-9,11-15,17,20,25H,10,16,18-19,21H2,1H3,(H,31,32,35)/t25-/m1/s1. The first-order chi connectivity index (χ1) is 18.1. The van der Waals surface area contributed by atoms with Gasteiger partial charge in [-0.1, -0.05) is 66.7 Å². The second-order valence-electron chi connectivity index (χ2n) is 9.21. The van der Waals surface area contributed by atoms with Crippen molar-refractivity contribution in [3.8, 4) is 16.9 Å². The molecule has 0 spiro atoms. The van der Waals surface area contributed by atoms with Gasteiger partial charge in [0.05, 0.1) is 11.8 Å². The topological polar surface area (TPSA) is 76.5 Å². The van der Waals surface area contributed by atoms with Crippen LogP contribution in [-0.4, -0.2) is 52.1 Å². The lowest BCUT2D eigenvalue weighted by atomic mass is 10.1. The Hall–Kier alpha value is -4.23. The number of hydrogen-bond donors (Lipinski definition) is 1. The molecule has 1 N–H and O–H groups in total. The van der Waals surface area contributed by atoms with Gasteiger partial charge in [0.25, 0.3) is 5.91 Å². The summed E-state index contributed by atoms with van der Waals surface area (Å²) < 4.78 is 7.64. The molecule has 5 rings (SSSR count). The maximum atomic E-state index is 13.5. The molecule has 0 radical (unpaired) electrons. The number of amides is 2. The van der Waals surface area contributed by atoms with Crippen LogP contribution in [0.2, 0.25) is 0 Å². The van der Waals surface area contributed by atoms with Gasteiger partial charge in [-0.15, -0.1) is 0 Å². The molecular weight excluding hydrogens is 464 g/mol. The quantitative estimate of drug-likeness (QED) is 0.369. The highest BCUT2D eigenvalue weighted by Gasteiger charge is 2.26. The largest absolute Gasteiger partial charge is 0.376 e. The van der Waals surface area contributed by atoms with E-state index in [9.17, 15) is 9.59 Å². The average molecular weight is 495 g/mol. The molecule has 1 aliphatic heterocycles. The molecule has 1 aliphatic rings. The number of ether oxygens (including phenoxy) is 1. The van der Waals surface area contributed by atoms with Gasteiger partial charge in [-0.05, 0) is 43.5 Å². The zero-order valence-corrected chi connectivity index (χ0v) is 20.8. The zero-order chi connectivity index (χ0) is 25.6. The van der Waals surface area contributed by atoms with E-state index < -0.39 is 0 Å².